The molecule has 5 aromatic rings. The number of methoxy groups -OCH3 is 1. The van der Waals surface area contributed by atoms with Crippen molar-refractivity contribution in [2.24, 2.45) is 47.0 Å². The minimum Gasteiger partial charge on any atom is -0.744 e. The first-order valence-corrected chi connectivity index (χ1v) is 39.8. The number of pyridine rings is 2. The molecule has 23 heteroatoms. The van der Waals surface area contributed by atoms with Gasteiger partial charge in [0.05, 0.1) is 46.6 Å². The minimum absolute atomic E-state index is 0. The van der Waals surface area contributed by atoms with Crippen molar-refractivity contribution < 1.29 is 105 Å². The maximum atomic E-state index is 11.5. The number of carboxylic acid groups (broad SMARTS) is 2. The number of nitrogens with zero attached hydrogens (tertiary/aromatic N) is 2. The van der Waals surface area contributed by atoms with Crippen LogP contribution in [-0.2, 0) is 70.3 Å². The third-order valence-electron chi connectivity index (χ3n) is 19.6. The molecular formula is C86H138ClN5NaO15S+. The summed E-state index contributed by atoms with van der Waals surface area (Å²) >= 11 is 5.69. The number of carboxylic acids is 2. The number of hydrogen-bond acceptors (Lipinski definition) is 17. The molecule has 0 spiro atoms. The van der Waals surface area contributed by atoms with Gasteiger partial charge in [0.15, 0.2) is 12.4 Å². The summed E-state index contributed by atoms with van der Waals surface area (Å²) in [6, 6.07) is 33.4. The van der Waals surface area contributed by atoms with E-state index in [1.165, 1.54) is 52.8 Å². The number of hydrogen-bond donors (Lipinski definition) is 5. The van der Waals surface area contributed by atoms with Gasteiger partial charge in [-0.2, -0.15) is 0 Å². The normalized spacial score (nSPS) is 17.0. The molecule has 2 aliphatic heterocycles. The fraction of sp³-hybridized carbons (Fsp3) is 0.593. The number of benzene rings is 3. The van der Waals surface area contributed by atoms with E-state index in [9.17, 15) is 46.5 Å². The SMILES string of the molecule is C.C.CC(CC1C(=O)OC(=O)C1C)c1ccccc1.CCC(C)C(=O)O.CCC(C)CN.CCC(C)c1ccc(CCl)cc1.CCC(C)c1ccc(S(=O)(=O)[O-])cc1.CCC(CC(C)c1ccncc1)c1cc[n+](CCCCCC(=O)O)cc1.CNC(CCCCN)C(C)=O.COC(C)CC1C(=O)OC(=O)C1C.[Na+]. The predicted molar refractivity (Wildman–Crippen MR) is 434 cm³/mol. The number of carbonyl (C=O) groups excluding carboxylic acids is 5. The number of likely N-dealkylation sites (N-methyl/N-ethyl adjacent to an activating group) is 1. The van der Waals surface area contributed by atoms with Crippen LogP contribution in [0.3, 0.4) is 0 Å². The number of nitrogens with two attached hydrogens (primary N) is 2. The van der Waals surface area contributed by atoms with Crippen LogP contribution in [0, 0.1) is 35.5 Å². The molecule has 0 bridgehead atoms. The Balaban J connectivity index is -0.000000597. The second-order valence-electron chi connectivity index (χ2n) is 27.8. The largest absolute Gasteiger partial charge is 1.00 e. The van der Waals surface area contributed by atoms with Crippen molar-refractivity contribution in [2.45, 2.75) is 274 Å². The Morgan fingerprint density at radius 1 is 0.624 bits per heavy atom. The van der Waals surface area contributed by atoms with E-state index in [0.717, 1.165) is 82.9 Å². The Bertz CT molecular complexity index is 3360. The topological polar surface area (TPSA) is 326 Å². The van der Waals surface area contributed by atoms with Crippen LogP contribution in [0.25, 0.3) is 0 Å². The summed E-state index contributed by atoms with van der Waals surface area (Å²) in [5.74, 6) is -0.529. The first kappa shape index (κ1) is 109. The van der Waals surface area contributed by atoms with Gasteiger partial charge in [0.2, 0.25) is 0 Å². The van der Waals surface area contributed by atoms with Crippen LogP contribution in [0.1, 0.15) is 278 Å². The average molecular weight is 1570 g/mol. The molecule has 610 valence electrons. The molecule has 3 aromatic carbocycles. The second-order valence-corrected chi connectivity index (χ2v) is 29.5. The van der Waals surface area contributed by atoms with Gasteiger partial charge in [0.1, 0.15) is 22.4 Å². The zero-order valence-corrected chi connectivity index (χ0v) is 71.2. The number of aromatic nitrogens is 2. The van der Waals surface area contributed by atoms with E-state index in [4.69, 9.17) is 38.0 Å². The number of alkyl halides is 1. The van der Waals surface area contributed by atoms with Crippen LogP contribution in [0.5, 0.6) is 0 Å². The molecule has 2 fully saturated rings. The molecular weight excluding hydrogens is 1430 g/mol. The van der Waals surface area contributed by atoms with Crippen LogP contribution in [-0.4, -0.2) is 109 Å². The fourth-order valence-electron chi connectivity index (χ4n) is 10.8. The van der Waals surface area contributed by atoms with Gasteiger partial charge < -0.3 is 45.8 Å². The van der Waals surface area contributed by atoms with Crippen molar-refractivity contribution in [1.29, 1.82) is 0 Å². The van der Waals surface area contributed by atoms with Crippen LogP contribution < -0.4 is 50.9 Å². The molecule has 7 N–H and O–H groups in total. The Kier molecular flexibility index (Phi) is 62.6. The smallest absolute Gasteiger partial charge is 0.744 e. The zero-order valence-electron chi connectivity index (χ0n) is 67.6. The molecule has 2 saturated heterocycles. The molecule has 7 rings (SSSR count). The van der Waals surface area contributed by atoms with Crippen molar-refractivity contribution in [2.75, 3.05) is 27.2 Å². The van der Waals surface area contributed by atoms with Crippen molar-refractivity contribution in [1.82, 2.24) is 10.3 Å². The molecule has 2 aliphatic rings. The molecule has 0 aliphatic carbocycles. The van der Waals surface area contributed by atoms with Crippen LogP contribution in [0.15, 0.2) is 133 Å². The minimum atomic E-state index is -4.30. The Morgan fingerprint density at radius 3 is 1.48 bits per heavy atom. The molecule has 2 aromatic heterocycles. The molecule has 0 saturated carbocycles. The van der Waals surface area contributed by atoms with Gasteiger partial charge in [0, 0.05) is 50.4 Å². The number of nitrogens with one attached hydrogen (secondary N) is 1. The molecule has 109 heavy (non-hydrogen) atoms. The van der Waals surface area contributed by atoms with Gasteiger partial charge >= 0.3 is 65.4 Å². The van der Waals surface area contributed by atoms with Crippen molar-refractivity contribution in [3.05, 3.63) is 161 Å². The summed E-state index contributed by atoms with van der Waals surface area (Å²) in [5, 5.41) is 19.8. The number of unbranched alkanes of at least 4 members (excludes halogenated alkanes) is 3. The van der Waals surface area contributed by atoms with E-state index in [0.29, 0.717) is 54.9 Å². The fourth-order valence-corrected chi connectivity index (χ4v) is 11.5. The van der Waals surface area contributed by atoms with Crippen LogP contribution >= 0.6 is 11.6 Å². The summed E-state index contributed by atoms with van der Waals surface area (Å²) in [5.41, 5.74) is 18.2. The zero-order chi connectivity index (χ0) is 80.5. The number of carbonyl (C=O) groups is 7. The van der Waals surface area contributed by atoms with Crippen LogP contribution in [0.2, 0.25) is 0 Å². The monoisotopic (exact) mass is 1570 g/mol. The maximum Gasteiger partial charge on any atom is 1.00 e. The molecule has 13 unspecified atom stereocenters. The predicted octanol–water partition coefficient (Wildman–Crippen LogP) is 14.7. The number of aliphatic carboxylic acids is 2. The van der Waals surface area contributed by atoms with E-state index in [1.54, 1.807) is 46.9 Å². The molecule has 20 nitrogen and oxygen atoms in total. The quantitative estimate of drug-likeness (QED) is 0.00495. The van der Waals surface area contributed by atoms with Crippen molar-refractivity contribution in [3.8, 4) is 0 Å². The standard InChI is InChI=1S/C22H30N2O2.C14H16O3.C11H15Cl.C10H14O3S.C9H14O4.C8H18N2O.C5H13N.C5H10O2.2CH4.Na/c1-3-19(17-18(2)20-8-12-23-13-9-20)21-10-15-24(16-11-21)14-6-4-5-7-22(25)26;1-9(11-6-4-3-5-7-11)8-12-10(2)13(15)17-14(12)16;1-3-9(2)11-6-4-10(8-12)5-7-11;1-3-8(2)9-4-6-10(7-5-9)14(11,12)13;1-5(12-3)4-7-6(2)8(10)13-9(7)11;1-7(11)8(10-2)5-3-4-6-9;1-3-5(2)4-6;1-3-4(2)5(6)7;;;/h8-13,15-16,18-19H,3-7,14,17H2,1-2H3;3-7,9-10,12H,8H2,1-2H3;4-7,9H,3,8H2,1-2H3;4-8H,3H2,1-2H3,(H,11,12,13);5-7H,4H2,1-3H3;8,10H,3-6,9H2,1-2H3;5H,3-4,6H2,1-2H3;4H,3H2,1-2H3,(H,6,7);2*1H4;/q;;;;;;;;;;+1. The molecule has 0 amide bonds. The van der Waals surface area contributed by atoms with E-state index in [2.05, 4.69) is 148 Å². The summed E-state index contributed by atoms with van der Waals surface area (Å²) in [6.07, 6.45) is 21.6. The number of ketones is 1. The first-order valence-electron chi connectivity index (χ1n) is 37.9. The molecule has 4 heterocycles. The van der Waals surface area contributed by atoms with Gasteiger partial charge in [-0.05, 0) is 198 Å². The van der Waals surface area contributed by atoms with Gasteiger partial charge in [-0.1, -0.05) is 184 Å². The van der Waals surface area contributed by atoms with Crippen molar-refractivity contribution in [3.63, 3.8) is 0 Å². The summed E-state index contributed by atoms with van der Waals surface area (Å²) in [7, 11) is -0.907. The van der Waals surface area contributed by atoms with Gasteiger partial charge in [-0.3, -0.25) is 38.5 Å². The van der Waals surface area contributed by atoms with E-state index in [-0.39, 0.29) is 121 Å². The van der Waals surface area contributed by atoms with Crippen molar-refractivity contribution >= 4 is 63.3 Å². The summed E-state index contributed by atoms with van der Waals surface area (Å²) in [6.45, 7) is 32.5. The number of rotatable bonds is 33. The van der Waals surface area contributed by atoms with E-state index < -0.39 is 34.0 Å². The number of ether oxygens (including phenoxy) is 3. The third-order valence-corrected chi connectivity index (χ3v) is 20.8. The van der Waals surface area contributed by atoms with E-state index >= 15 is 0 Å². The van der Waals surface area contributed by atoms with Gasteiger partial charge in [-0.25, -0.2) is 13.0 Å². The summed E-state index contributed by atoms with van der Waals surface area (Å²) < 4.78 is 48.2. The third kappa shape index (κ3) is 45.9. The average Bonchev–Trinajstić information content (AvgIpc) is 1.76. The number of esters is 4. The number of halogens is 1. The summed E-state index contributed by atoms with van der Waals surface area (Å²) in [4.78, 5) is 80.2. The van der Waals surface area contributed by atoms with Crippen LogP contribution in [0.4, 0.5) is 0 Å². The molecule has 0 radical (unpaired) electrons. The number of Topliss-reactive ketones (excluding diaryl/α,β-unsaturated/α-hetero) is 1. The number of cyclic esters (lactones) is 4. The maximum absolute atomic E-state index is 11.5. The Labute approximate surface area is 683 Å². The van der Waals surface area contributed by atoms with Gasteiger partial charge in [-0.15, -0.1) is 11.6 Å². The Hall–Kier alpha value is -6.11. The second kappa shape index (κ2) is 62.4. The first-order chi connectivity index (χ1) is 50.2. The van der Waals surface area contributed by atoms with Gasteiger partial charge in [0.25, 0.3) is 0 Å². The van der Waals surface area contributed by atoms with E-state index in [1.807, 2.05) is 63.6 Å². The molecule has 13 atom stereocenters. The number of aryl methyl sites for hydroxylation is 1. The Morgan fingerprint density at radius 2 is 1.11 bits per heavy atom.